The second-order valence-corrected chi connectivity index (χ2v) is 5.83. The molecule has 76 valence electrons. The van der Waals surface area contributed by atoms with Crippen LogP contribution in [0.5, 0.6) is 0 Å². The monoisotopic (exact) mass is 199 g/mol. The summed E-state index contributed by atoms with van der Waals surface area (Å²) in [6, 6.07) is 0. The van der Waals surface area contributed by atoms with Crippen LogP contribution in [0, 0.1) is 17.8 Å². The van der Waals surface area contributed by atoms with E-state index in [1.165, 1.54) is 43.7 Å². The van der Waals surface area contributed by atoms with Crippen LogP contribution in [0.3, 0.4) is 0 Å². The largest absolute Gasteiger partial charge is 0.319 e. The van der Waals surface area contributed by atoms with Gasteiger partial charge in [0, 0.05) is 0 Å². The molecule has 0 unspecified atom stereocenters. The summed E-state index contributed by atoms with van der Waals surface area (Å²) in [5, 5.41) is 3.29. The van der Waals surface area contributed by atoms with E-state index in [-0.39, 0.29) is 0 Å². The standard InChI is InChI=1S/C11H21NS/c1-12-8-9-6-11(7-9)10-2-4-13-5-3-10/h9-12H,2-8H2,1H3. The van der Waals surface area contributed by atoms with Gasteiger partial charge in [-0.2, -0.15) is 11.8 Å². The molecule has 2 rings (SSSR count). The van der Waals surface area contributed by atoms with Gasteiger partial charge in [0.2, 0.25) is 0 Å². The second kappa shape index (κ2) is 4.70. The first-order chi connectivity index (χ1) is 6.40. The van der Waals surface area contributed by atoms with Crippen LogP contribution in [0.25, 0.3) is 0 Å². The van der Waals surface area contributed by atoms with Crippen LogP contribution in [0.1, 0.15) is 25.7 Å². The third-order valence-electron chi connectivity index (χ3n) is 3.70. The molecular formula is C11H21NS. The third kappa shape index (κ3) is 2.41. The lowest BCUT2D eigenvalue weighted by atomic mass is 9.67. The number of nitrogens with one attached hydrogen (secondary N) is 1. The zero-order valence-corrected chi connectivity index (χ0v) is 9.41. The summed E-state index contributed by atoms with van der Waals surface area (Å²) in [7, 11) is 2.07. The minimum Gasteiger partial charge on any atom is -0.319 e. The van der Waals surface area contributed by atoms with Crippen LogP contribution in [0.2, 0.25) is 0 Å². The van der Waals surface area contributed by atoms with Gasteiger partial charge in [0.15, 0.2) is 0 Å². The van der Waals surface area contributed by atoms with Gasteiger partial charge in [-0.05, 0) is 68.5 Å². The van der Waals surface area contributed by atoms with Gasteiger partial charge in [0.1, 0.15) is 0 Å². The molecule has 1 aliphatic carbocycles. The molecule has 2 aliphatic rings. The second-order valence-electron chi connectivity index (χ2n) is 4.60. The molecule has 0 aromatic heterocycles. The smallest absolute Gasteiger partial charge is 0.00233 e. The van der Waals surface area contributed by atoms with Gasteiger partial charge in [-0.3, -0.25) is 0 Å². The van der Waals surface area contributed by atoms with Gasteiger partial charge < -0.3 is 5.32 Å². The van der Waals surface area contributed by atoms with Crippen LogP contribution in [-0.2, 0) is 0 Å². The molecule has 0 amide bonds. The van der Waals surface area contributed by atoms with Gasteiger partial charge >= 0.3 is 0 Å². The highest BCUT2D eigenvalue weighted by molar-refractivity contribution is 7.99. The predicted molar refractivity (Wildman–Crippen MR) is 60.2 cm³/mol. The zero-order chi connectivity index (χ0) is 9.10. The molecule has 1 saturated heterocycles. The fourth-order valence-electron chi connectivity index (χ4n) is 2.81. The first-order valence-electron chi connectivity index (χ1n) is 5.62. The highest BCUT2D eigenvalue weighted by Gasteiger charge is 2.34. The van der Waals surface area contributed by atoms with Crippen molar-refractivity contribution >= 4 is 11.8 Å². The highest BCUT2D eigenvalue weighted by Crippen LogP contribution is 2.43. The van der Waals surface area contributed by atoms with Crippen molar-refractivity contribution in [2.24, 2.45) is 17.8 Å². The Hall–Kier alpha value is 0.310. The minimum absolute atomic E-state index is 1.00. The van der Waals surface area contributed by atoms with Crippen molar-refractivity contribution in [3.8, 4) is 0 Å². The Morgan fingerprint density at radius 1 is 1.15 bits per heavy atom. The maximum Gasteiger partial charge on any atom is -0.00233 e. The SMILES string of the molecule is CNCC1CC(C2CCSCC2)C1. The summed E-state index contributed by atoms with van der Waals surface area (Å²) in [4.78, 5) is 0. The summed E-state index contributed by atoms with van der Waals surface area (Å²) in [6.45, 7) is 1.25. The van der Waals surface area contributed by atoms with Crippen LogP contribution >= 0.6 is 11.8 Å². The highest BCUT2D eigenvalue weighted by atomic mass is 32.2. The van der Waals surface area contributed by atoms with E-state index in [0.29, 0.717) is 0 Å². The third-order valence-corrected chi connectivity index (χ3v) is 4.75. The number of hydrogen-bond acceptors (Lipinski definition) is 2. The predicted octanol–water partition coefficient (Wildman–Crippen LogP) is 2.38. The molecular weight excluding hydrogens is 178 g/mol. The molecule has 1 heterocycles. The van der Waals surface area contributed by atoms with E-state index >= 15 is 0 Å². The van der Waals surface area contributed by atoms with E-state index in [1.807, 2.05) is 0 Å². The lowest BCUT2D eigenvalue weighted by Gasteiger charge is -2.42. The Kier molecular flexibility index (Phi) is 3.56. The van der Waals surface area contributed by atoms with Gasteiger partial charge in [0.05, 0.1) is 0 Å². The zero-order valence-electron chi connectivity index (χ0n) is 8.59. The van der Waals surface area contributed by atoms with E-state index in [1.54, 1.807) is 0 Å². The minimum atomic E-state index is 1.00. The summed E-state index contributed by atoms with van der Waals surface area (Å²) in [5.41, 5.74) is 0. The Balaban J connectivity index is 1.66. The average molecular weight is 199 g/mol. The van der Waals surface area contributed by atoms with Crippen LogP contribution in [-0.4, -0.2) is 25.1 Å². The Morgan fingerprint density at radius 2 is 1.85 bits per heavy atom. The molecule has 0 aromatic rings. The molecule has 0 spiro atoms. The Bertz CT molecular complexity index is 148. The van der Waals surface area contributed by atoms with Crippen molar-refractivity contribution in [3.63, 3.8) is 0 Å². The molecule has 1 N–H and O–H groups in total. The van der Waals surface area contributed by atoms with Crippen LogP contribution in [0.15, 0.2) is 0 Å². The van der Waals surface area contributed by atoms with E-state index in [0.717, 1.165) is 17.8 Å². The summed E-state index contributed by atoms with van der Waals surface area (Å²) < 4.78 is 0. The van der Waals surface area contributed by atoms with E-state index in [2.05, 4.69) is 24.1 Å². The van der Waals surface area contributed by atoms with Gasteiger partial charge in [0.25, 0.3) is 0 Å². The van der Waals surface area contributed by atoms with Crippen LogP contribution in [0.4, 0.5) is 0 Å². The molecule has 1 aliphatic heterocycles. The Labute approximate surface area is 86.0 Å². The van der Waals surface area contributed by atoms with E-state index in [9.17, 15) is 0 Å². The molecule has 13 heavy (non-hydrogen) atoms. The molecule has 1 saturated carbocycles. The molecule has 1 nitrogen and oxygen atoms in total. The normalized spacial score (nSPS) is 35.8. The van der Waals surface area contributed by atoms with Gasteiger partial charge in [-0.1, -0.05) is 0 Å². The van der Waals surface area contributed by atoms with Crippen molar-refractivity contribution in [1.29, 1.82) is 0 Å². The fraction of sp³-hybridized carbons (Fsp3) is 1.00. The topological polar surface area (TPSA) is 12.0 Å². The fourth-order valence-corrected chi connectivity index (χ4v) is 3.96. The van der Waals surface area contributed by atoms with Crippen molar-refractivity contribution in [2.75, 3.05) is 25.1 Å². The molecule has 0 radical (unpaired) electrons. The molecule has 0 atom stereocenters. The molecule has 2 heteroatoms. The number of thioether (sulfide) groups is 1. The van der Waals surface area contributed by atoms with Gasteiger partial charge in [-0.15, -0.1) is 0 Å². The van der Waals surface area contributed by atoms with Crippen molar-refractivity contribution in [3.05, 3.63) is 0 Å². The van der Waals surface area contributed by atoms with Gasteiger partial charge in [-0.25, -0.2) is 0 Å². The summed E-state index contributed by atoms with van der Waals surface area (Å²) in [5.74, 6) is 6.05. The lowest BCUT2D eigenvalue weighted by molar-refractivity contribution is 0.117. The maximum absolute atomic E-state index is 3.29. The average Bonchev–Trinajstić information content (AvgIpc) is 2.12. The Morgan fingerprint density at radius 3 is 2.46 bits per heavy atom. The van der Waals surface area contributed by atoms with Crippen LogP contribution < -0.4 is 5.32 Å². The number of rotatable bonds is 3. The molecule has 2 fully saturated rings. The molecule has 0 bridgehead atoms. The quantitative estimate of drug-likeness (QED) is 0.749. The first kappa shape index (κ1) is 9.85. The lowest BCUT2D eigenvalue weighted by Crippen LogP contribution is -2.36. The summed E-state index contributed by atoms with van der Waals surface area (Å²) >= 11 is 2.15. The van der Waals surface area contributed by atoms with Crippen molar-refractivity contribution in [2.45, 2.75) is 25.7 Å². The van der Waals surface area contributed by atoms with E-state index < -0.39 is 0 Å². The van der Waals surface area contributed by atoms with Crippen molar-refractivity contribution < 1.29 is 0 Å². The maximum atomic E-state index is 3.29. The first-order valence-corrected chi connectivity index (χ1v) is 6.78. The molecule has 0 aromatic carbocycles. The summed E-state index contributed by atoms with van der Waals surface area (Å²) in [6.07, 6.45) is 6.02. The number of hydrogen-bond donors (Lipinski definition) is 1. The van der Waals surface area contributed by atoms with E-state index in [4.69, 9.17) is 0 Å². The van der Waals surface area contributed by atoms with Crippen molar-refractivity contribution in [1.82, 2.24) is 5.32 Å².